The lowest BCUT2D eigenvalue weighted by Gasteiger charge is -2.22. The van der Waals surface area contributed by atoms with E-state index < -0.39 is 0 Å². The molecule has 0 aromatic carbocycles. The summed E-state index contributed by atoms with van der Waals surface area (Å²) in [6.07, 6.45) is 1.67. The number of nitrogen functional groups attached to an aromatic ring is 1. The maximum atomic E-state index is 12.1. The first-order valence-corrected chi connectivity index (χ1v) is 9.46. The number of nitrogens with two attached hydrogens (primary N) is 1. The summed E-state index contributed by atoms with van der Waals surface area (Å²) in [5.41, 5.74) is 6.73. The maximum absolute atomic E-state index is 12.1. The predicted octanol–water partition coefficient (Wildman–Crippen LogP) is 3.65. The standard InChI is InChI=1S/C15H24N2O2S2/c1-4-11(18)14-12(16)13(19-10(2)3)15(21-14)17-6-5-8-20-9-7-17/h10H,4-9,16H2,1-3H3. The smallest absolute Gasteiger partial charge is 0.177 e. The predicted molar refractivity (Wildman–Crippen MR) is 93.3 cm³/mol. The Balaban J connectivity index is 2.38. The van der Waals surface area contributed by atoms with Crippen LogP contribution in [0.25, 0.3) is 0 Å². The number of thiophene rings is 1. The molecule has 4 nitrogen and oxygen atoms in total. The van der Waals surface area contributed by atoms with E-state index in [0.717, 1.165) is 30.3 Å². The number of Topliss-reactive ketones (excluding diaryl/α,β-unsaturated/α-hetero) is 1. The van der Waals surface area contributed by atoms with Crippen molar-refractivity contribution in [2.45, 2.75) is 39.7 Å². The lowest BCUT2D eigenvalue weighted by atomic mass is 10.2. The molecule has 0 aliphatic carbocycles. The molecular weight excluding hydrogens is 304 g/mol. The number of nitrogens with zero attached hydrogens (tertiary/aromatic N) is 1. The van der Waals surface area contributed by atoms with Crippen LogP contribution in [-0.4, -0.2) is 36.5 Å². The van der Waals surface area contributed by atoms with Crippen LogP contribution in [0.4, 0.5) is 10.7 Å². The minimum absolute atomic E-state index is 0.0478. The zero-order chi connectivity index (χ0) is 15.4. The van der Waals surface area contributed by atoms with E-state index >= 15 is 0 Å². The van der Waals surface area contributed by atoms with Crippen molar-refractivity contribution in [2.24, 2.45) is 0 Å². The van der Waals surface area contributed by atoms with Gasteiger partial charge in [-0.05, 0) is 26.0 Å². The molecule has 2 N–H and O–H groups in total. The average Bonchev–Trinajstić information content (AvgIpc) is 2.67. The minimum atomic E-state index is 0.0478. The normalized spacial score (nSPS) is 16.1. The van der Waals surface area contributed by atoms with Crippen LogP contribution in [-0.2, 0) is 0 Å². The zero-order valence-corrected chi connectivity index (χ0v) is 14.6. The number of hydrogen-bond acceptors (Lipinski definition) is 6. The summed E-state index contributed by atoms with van der Waals surface area (Å²) in [5.74, 6) is 3.11. The van der Waals surface area contributed by atoms with Gasteiger partial charge >= 0.3 is 0 Å². The van der Waals surface area contributed by atoms with E-state index in [1.807, 2.05) is 32.5 Å². The van der Waals surface area contributed by atoms with Crippen LogP contribution in [0.15, 0.2) is 0 Å². The number of carbonyl (C=O) groups is 1. The number of hydrogen-bond donors (Lipinski definition) is 1. The molecule has 2 heterocycles. The number of ether oxygens (including phenoxy) is 1. The first-order chi connectivity index (χ1) is 10.0. The van der Waals surface area contributed by atoms with Crippen LogP contribution in [0, 0.1) is 0 Å². The maximum Gasteiger partial charge on any atom is 0.177 e. The molecule has 0 saturated carbocycles. The largest absolute Gasteiger partial charge is 0.486 e. The molecule has 1 aromatic heterocycles. The third-order valence-electron chi connectivity index (χ3n) is 3.32. The van der Waals surface area contributed by atoms with Gasteiger partial charge in [-0.25, -0.2) is 0 Å². The third kappa shape index (κ3) is 3.86. The van der Waals surface area contributed by atoms with Gasteiger partial charge in [-0.15, -0.1) is 11.3 Å². The molecule has 0 atom stereocenters. The summed E-state index contributed by atoms with van der Waals surface area (Å²) in [5, 5.41) is 1.03. The zero-order valence-electron chi connectivity index (χ0n) is 13.0. The Kier molecular flexibility index (Phi) is 5.81. The molecule has 0 radical (unpaired) electrons. The van der Waals surface area contributed by atoms with Crippen LogP contribution >= 0.6 is 23.1 Å². The Bertz CT molecular complexity index is 492. The molecule has 1 saturated heterocycles. The first-order valence-electron chi connectivity index (χ1n) is 7.49. The summed E-state index contributed by atoms with van der Waals surface area (Å²) in [6, 6.07) is 0. The van der Waals surface area contributed by atoms with Crippen molar-refractivity contribution in [1.29, 1.82) is 0 Å². The number of ketones is 1. The minimum Gasteiger partial charge on any atom is -0.486 e. The Labute approximate surface area is 135 Å². The number of carbonyl (C=O) groups excluding carboxylic acids is 1. The highest BCUT2D eigenvalue weighted by Crippen LogP contribution is 2.46. The molecule has 21 heavy (non-hydrogen) atoms. The summed E-state index contributed by atoms with van der Waals surface area (Å²) in [6.45, 7) is 7.83. The molecule has 118 valence electrons. The second-order valence-corrected chi connectivity index (χ2v) is 7.60. The fourth-order valence-corrected chi connectivity index (χ4v) is 4.39. The van der Waals surface area contributed by atoms with Crippen molar-refractivity contribution >= 4 is 39.6 Å². The van der Waals surface area contributed by atoms with Crippen molar-refractivity contribution in [3.63, 3.8) is 0 Å². The number of rotatable bonds is 5. The van der Waals surface area contributed by atoms with E-state index in [0.29, 0.717) is 22.7 Å². The highest BCUT2D eigenvalue weighted by Gasteiger charge is 2.26. The second kappa shape index (κ2) is 7.40. The van der Waals surface area contributed by atoms with Crippen LogP contribution in [0.2, 0.25) is 0 Å². The molecule has 0 bridgehead atoms. The highest BCUT2D eigenvalue weighted by molar-refractivity contribution is 7.99. The van der Waals surface area contributed by atoms with E-state index in [-0.39, 0.29) is 11.9 Å². The van der Waals surface area contributed by atoms with Gasteiger partial charge in [0.15, 0.2) is 11.5 Å². The Morgan fingerprint density at radius 1 is 1.38 bits per heavy atom. The average molecular weight is 329 g/mol. The molecule has 1 aliphatic rings. The highest BCUT2D eigenvalue weighted by atomic mass is 32.2. The molecule has 6 heteroatoms. The Morgan fingerprint density at radius 2 is 2.14 bits per heavy atom. The monoisotopic (exact) mass is 328 g/mol. The fraction of sp³-hybridized carbons (Fsp3) is 0.667. The van der Waals surface area contributed by atoms with Gasteiger partial charge in [0.2, 0.25) is 0 Å². The summed E-state index contributed by atoms with van der Waals surface area (Å²) in [7, 11) is 0. The van der Waals surface area contributed by atoms with Gasteiger partial charge in [0, 0.05) is 25.3 Å². The molecule has 0 spiro atoms. The van der Waals surface area contributed by atoms with Crippen LogP contribution in [0.5, 0.6) is 5.75 Å². The van der Waals surface area contributed by atoms with Gasteiger partial charge in [-0.1, -0.05) is 6.92 Å². The molecular formula is C15H24N2O2S2. The molecule has 0 unspecified atom stereocenters. The van der Waals surface area contributed by atoms with Crippen molar-refractivity contribution in [3.05, 3.63) is 4.88 Å². The van der Waals surface area contributed by atoms with Gasteiger partial charge in [-0.2, -0.15) is 11.8 Å². The van der Waals surface area contributed by atoms with Crippen molar-refractivity contribution < 1.29 is 9.53 Å². The lowest BCUT2D eigenvalue weighted by molar-refractivity contribution is 0.0992. The van der Waals surface area contributed by atoms with Crippen molar-refractivity contribution in [2.75, 3.05) is 35.2 Å². The van der Waals surface area contributed by atoms with Gasteiger partial charge in [0.05, 0.1) is 16.7 Å². The molecule has 0 amide bonds. The first kappa shape index (κ1) is 16.5. The Hall–Kier alpha value is -0.880. The topological polar surface area (TPSA) is 55.6 Å². The van der Waals surface area contributed by atoms with Crippen LogP contribution in [0.3, 0.4) is 0 Å². The molecule has 1 aliphatic heterocycles. The second-order valence-electron chi connectivity index (χ2n) is 5.38. The van der Waals surface area contributed by atoms with Crippen LogP contribution in [0.1, 0.15) is 43.3 Å². The third-order valence-corrected chi connectivity index (χ3v) is 5.66. The summed E-state index contributed by atoms with van der Waals surface area (Å²) < 4.78 is 5.93. The van der Waals surface area contributed by atoms with Gasteiger partial charge in [-0.3, -0.25) is 4.79 Å². The summed E-state index contributed by atoms with van der Waals surface area (Å²) in [4.78, 5) is 15.1. The molecule has 1 fully saturated rings. The van der Waals surface area contributed by atoms with Gasteiger partial charge in [0.1, 0.15) is 5.00 Å². The lowest BCUT2D eigenvalue weighted by Crippen LogP contribution is -2.25. The van der Waals surface area contributed by atoms with E-state index in [1.165, 1.54) is 17.1 Å². The number of anilines is 2. The van der Waals surface area contributed by atoms with Crippen molar-refractivity contribution in [1.82, 2.24) is 0 Å². The van der Waals surface area contributed by atoms with Gasteiger partial charge < -0.3 is 15.4 Å². The fourth-order valence-electron chi connectivity index (χ4n) is 2.29. The van der Waals surface area contributed by atoms with Gasteiger partial charge in [0.25, 0.3) is 0 Å². The van der Waals surface area contributed by atoms with E-state index in [4.69, 9.17) is 10.5 Å². The van der Waals surface area contributed by atoms with E-state index in [1.54, 1.807) is 0 Å². The Morgan fingerprint density at radius 3 is 2.81 bits per heavy atom. The van der Waals surface area contributed by atoms with Crippen molar-refractivity contribution in [3.8, 4) is 5.75 Å². The number of thioether (sulfide) groups is 1. The molecule has 1 aromatic rings. The van der Waals surface area contributed by atoms with E-state index in [9.17, 15) is 4.79 Å². The summed E-state index contributed by atoms with van der Waals surface area (Å²) >= 11 is 3.47. The van der Waals surface area contributed by atoms with E-state index in [2.05, 4.69) is 4.90 Å². The van der Waals surface area contributed by atoms with Crippen LogP contribution < -0.4 is 15.4 Å². The SMILES string of the molecule is CCC(=O)c1sc(N2CCCSCC2)c(OC(C)C)c1N. The quantitative estimate of drug-likeness (QED) is 0.836. The molecule has 2 rings (SSSR count).